The molecule has 3 rings (SSSR count). The monoisotopic (exact) mass is 287 g/mol. The van der Waals surface area contributed by atoms with Crippen molar-refractivity contribution >= 4 is 22.3 Å². The molecule has 2 aromatic rings. The van der Waals surface area contributed by atoms with Gasteiger partial charge in [-0.25, -0.2) is 0 Å². The average Bonchev–Trinajstić information content (AvgIpc) is 2.86. The lowest BCUT2D eigenvalue weighted by atomic mass is 10.0. The van der Waals surface area contributed by atoms with Crippen molar-refractivity contribution in [3.8, 4) is 0 Å². The second-order valence-corrected chi connectivity index (χ2v) is 5.47. The second kappa shape index (κ2) is 5.29. The van der Waals surface area contributed by atoms with E-state index < -0.39 is 0 Å². The molecule has 0 radical (unpaired) electrons. The minimum absolute atomic E-state index is 0.00337. The number of nitro benzene ring substituents is 1. The van der Waals surface area contributed by atoms with Crippen LogP contribution in [-0.2, 0) is 0 Å². The molecule has 2 heterocycles. The molecule has 0 spiro atoms. The first-order valence-corrected chi connectivity index (χ1v) is 7.03. The van der Waals surface area contributed by atoms with Gasteiger partial charge in [0.2, 0.25) is 0 Å². The van der Waals surface area contributed by atoms with Gasteiger partial charge in [0.05, 0.1) is 28.5 Å². The molecule has 1 aliphatic heterocycles. The number of rotatable bonds is 3. The Morgan fingerprint density at radius 3 is 3.00 bits per heavy atom. The largest absolute Gasteiger partial charge is 0.394 e. The molecule has 0 aliphatic carbocycles. The molecule has 1 saturated heterocycles. The lowest BCUT2D eigenvalue weighted by molar-refractivity contribution is -0.382. The van der Waals surface area contributed by atoms with Crippen molar-refractivity contribution in [3.63, 3.8) is 0 Å². The number of nitrogens with zero attached hydrogens (tertiary/aromatic N) is 3. The Balaban J connectivity index is 2.18. The molecule has 1 fully saturated rings. The normalized spacial score (nSPS) is 21.9. The number of hydrogen-bond acceptors (Lipinski definition) is 5. The van der Waals surface area contributed by atoms with Crippen molar-refractivity contribution in [1.82, 2.24) is 4.98 Å². The zero-order valence-corrected chi connectivity index (χ0v) is 11.8. The van der Waals surface area contributed by atoms with E-state index in [1.165, 1.54) is 0 Å². The zero-order valence-electron chi connectivity index (χ0n) is 11.8. The summed E-state index contributed by atoms with van der Waals surface area (Å²) in [6, 6.07) is 6.90. The van der Waals surface area contributed by atoms with Gasteiger partial charge in [0.25, 0.3) is 0 Å². The first-order chi connectivity index (χ1) is 10.1. The van der Waals surface area contributed by atoms with Crippen molar-refractivity contribution in [2.45, 2.75) is 19.4 Å². The molecule has 2 unspecified atom stereocenters. The summed E-state index contributed by atoms with van der Waals surface area (Å²) in [6.45, 7) is 2.79. The highest BCUT2D eigenvalue weighted by atomic mass is 16.6. The van der Waals surface area contributed by atoms with Crippen LogP contribution >= 0.6 is 0 Å². The van der Waals surface area contributed by atoms with Gasteiger partial charge < -0.3 is 10.0 Å². The Morgan fingerprint density at radius 2 is 2.29 bits per heavy atom. The fourth-order valence-corrected chi connectivity index (χ4v) is 3.13. The molecule has 2 atom stereocenters. The van der Waals surface area contributed by atoms with Gasteiger partial charge in [0, 0.05) is 12.7 Å². The molecule has 1 aromatic heterocycles. The molecule has 6 nitrogen and oxygen atoms in total. The predicted octanol–water partition coefficient (Wildman–Crippen LogP) is 2.35. The van der Waals surface area contributed by atoms with Gasteiger partial charge in [-0.1, -0.05) is 6.92 Å². The van der Waals surface area contributed by atoms with Gasteiger partial charge in [-0.05, 0) is 36.6 Å². The Hall–Kier alpha value is -2.21. The lowest BCUT2D eigenvalue weighted by Gasteiger charge is -2.27. The Kier molecular flexibility index (Phi) is 3.47. The van der Waals surface area contributed by atoms with Crippen LogP contribution in [0.25, 0.3) is 10.9 Å². The first kappa shape index (κ1) is 13.8. The average molecular weight is 287 g/mol. The third-order valence-electron chi connectivity index (χ3n) is 4.30. The van der Waals surface area contributed by atoms with Crippen molar-refractivity contribution in [2.24, 2.45) is 5.92 Å². The number of aromatic nitrogens is 1. The van der Waals surface area contributed by atoms with Gasteiger partial charge in [0.15, 0.2) is 0 Å². The standard InChI is InChI=1S/C15H17N3O3/c1-10-6-8-17(14(10)9-19)13-5-4-12-11(3-2-7-16-12)15(13)18(20)21/h2-5,7,10,14,19H,6,8-9H2,1H3. The van der Waals surface area contributed by atoms with Gasteiger partial charge in [-0.15, -0.1) is 0 Å². The molecule has 1 N–H and O–H groups in total. The van der Waals surface area contributed by atoms with Crippen LogP contribution in [0.4, 0.5) is 11.4 Å². The van der Waals surface area contributed by atoms with Crippen LogP contribution < -0.4 is 4.90 Å². The highest BCUT2D eigenvalue weighted by Gasteiger charge is 2.35. The van der Waals surface area contributed by atoms with Crippen molar-refractivity contribution in [1.29, 1.82) is 0 Å². The van der Waals surface area contributed by atoms with E-state index in [0.717, 1.165) is 13.0 Å². The maximum Gasteiger partial charge on any atom is 0.301 e. The second-order valence-electron chi connectivity index (χ2n) is 5.47. The number of aliphatic hydroxyl groups is 1. The topological polar surface area (TPSA) is 79.5 Å². The van der Waals surface area contributed by atoms with E-state index in [1.54, 1.807) is 30.5 Å². The number of nitro groups is 1. The van der Waals surface area contributed by atoms with E-state index >= 15 is 0 Å². The number of aliphatic hydroxyl groups excluding tert-OH is 1. The quantitative estimate of drug-likeness (QED) is 0.692. The SMILES string of the molecule is CC1CCN(c2ccc3ncccc3c2[N+](=O)[O-])C1CO. The van der Waals surface area contributed by atoms with Crippen LogP contribution in [0.15, 0.2) is 30.5 Å². The fraction of sp³-hybridized carbons (Fsp3) is 0.400. The molecule has 21 heavy (non-hydrogen) atoms. The molecule has 110 valence electrons. The van der Waals surface area contributed by atoms with Crippen LogP contribution in [0.1, 0.15) is 13.3 Å². The fourth-order valence-electron chi connectivity index (χ4n) is 3.13. The molecule has 1 aromatic carbocycles. The smallest absolute Gasteiger partial charge is 0.301 e. The van der Waals surface area contributed by atoms with Crippen molar-refractivity contribution < 1.29 is 10.0 Å². The minimum atomic E-state index is -0.350. The zero-order chi connectivity index (χ0) is 15.0. The number of fused-ring (bicyclic) bond motifs is 1. The summed E-state index contributed by atoms with van der Waals surface area (Å²) in [5.41, 5.74) is 1.26. The summed E-state index contributed by atoms with van der Waals surface area (Å²) in [7, 11) is 0. The van der Waals surface area contributed by atoms with Crippen molar-refractivity contribution in [3.05, 3.63) is 40.6 Å². The van der Waals surface area contributed by atoms with Crippen LogP contribution in [0, 0.1) is 16.0 Å². The summed E-state index contributed by atoms with van der Waals surface area (Å²) < 4.78 is 0. The molecular weight excluding hydrogens is 270 g/mol. The highest BCUT2D eigenvalue weighted by molar-refractivity contribution is 5.94. The van der Waals surface area contributed by atoms with Crippen molar-refractivity contribution in [2.75, 3.05) is 18.1 Å². The van der Waals surface area contributed by atoms with Gasteiger partial charge in [-0.2, -0.15) is 0 Å². The summed E-state index contributed by atoms with van der Waals surface area (Å²) >= 11 is 0. The summed E-state index contributed by atoms with van der Waals surface area (Å²) in [4.78, 5) is 17.3. The van der Waals surface area contributed by atoms with E-state index in [9.17, 15) is 15.2 Å². The molecule has 0 bridgehead atoms. The Labute approximate surface area is 122 Å². The Morgan fingerprint density at radius 1 is 1.48 bits per heavy atom. The first-order valence-electron chi connectivity index (χ1n) is 7.03. The number of anilines is 1. The number of benzene rings is 1. The van der Waals surface area contributed by atoms with E-state index in [2.05, 4.69) is 11.9 Å². The minimum Gasteiger partial charge on any atom is -0.394 e. The van der Waals surface area contributed by atoms with Gasteiger partial charge in [0.1, 0.15) is 5.69 Å². The van der Waals surface area contributed by atoms with Gasteiger partial charge in [-0.3, -0.25) is 15.1 Å². The van der Waals surface area contributed by atoms with E-state index in [0.29, 0.717) is 22.5 Å². The van der Waals surface area contributed by atoms with Crippen LogP contribution in [0.2, 0.25) is 0 Å². The third kappa shape index (κ3) is 2.21. The van der Waals surface area contributed by atoms with E-state index in [1.807, 2.05) is 4.90 Å². The summed E-state index contributed by atoms with van der Waals surface area (Å²) in [5.74, 6) is 0.319. The predicted molar refractivity (Wildman–Crippen MR) is 80.4 cm³/mol. The highest BCUT2D eigenvalue weighted by Crippen LogP contribution is 2.39. The van der Waals surface area contributed by atoms with Gasteiger partial charge >= 0.3 is 5.69 Å². The maximum atomic E-state index is 11.6. The maximum absolute atomic E-state index is 11.6. The molecule has 0 amide bonds. The molecule has 6 heteroatoms. The Bertz CT molecular complexity index is 689. The summed E-state index contributed by atoms with van der Waals surface area (Å²) in [5, 5.41) is 21.7. The van der Waals surface area contributed by atoms with Crippen LogP contribution in [-0.4, -0.2) is 34.2 Å². The summed E-state index contributed by atoms with van der Waals surface area (Å²) in [6.07, 6.45) is 2.55. The number of hydrogen-bond donors (Lipinski definition) is 1. The van der Waals surface area contributed by atoms with Crippen LogP contribution in [0.5, 0.6) is 0 Å². The van der Waals surface area contributed by atoms with Crippen LogP contribution in [0.3, 0.4) is 0 Å². The van der Waals surface area contributed by atoms with E-state index in [-0.39, 0.29) is 23.3 Å². The third-order valence-corrected chi connectivity index (χ3v) is 4.30. The number of pyridine rings is 1. The van der Waals surface area contributed by atoms with E-state index in [4.69, 9.17) is 0 Å². The lowest BCUT2D eigenvalue weighted by Crippen LogP contribution is -2.35. The molecule has 0 saturated carbocycles. The molecule has 1 aliphatic rings. The molecular formula is C15H17N3O3.